The second-order valence-electron chi connectivity index (χ2n) is 11.6. The Bertz CT molecular complexity index is 843. The molecule has 0 bridgehead atoms. The van der Waals surface area contributed by atoms with Gasteiger partial charge in [-0.15, -0.1) is 0 Å². The minimum Gasteiger partial charge on any atom is -0.463 e. The molecule has 3 fully saturated rings. The Labute approximate surface area is 188 Å². The van der Waals surface area contributed by atoms with E-state index in [4.69, 9.17) is 4.74 Å². The lowest BCUT2D eigenvalue weighted by Gasteiger charge is -2.60. The molecule has 0 spiro atoms. The highest BCUT2D eigenvalue weighted by molar-refractivity contribution is 6.76. The molecule has 1 aliphatic heterocycles. The first-order valence-electron chi connectivity index (χ1n) is 12.0. The van der Waals surface area contributed by atoms with E-state index in [1.165, 1.54) is 0 Å². The number of hydrogen-bond acceptors (Lipinski definition) is 4. The van der Waals surface area contributed by atoms with Crippen LogP contribution in [0, 0.1) is 28.6 Å². The minimum atomic E-state index is -1.94. The number of piperidine rings is 1. The van der Waals surface area contributed by atoms with Crippen molar-refractivity contribution in [3.05, 3.63) is 23.4 Å². The third kappa shape index (κ3) is 3.45. The van der Waals surface area contributed by atoms with Gasteiger partial charge in [0.15, 0.2) is 8.24 Å². The van der Waals surface area contributed by atoms with Crippen molar-refractivity contribution in [2.24, 2.45) is 28.6 Å². The Morgan fingerprint density at radius 1 is 1.23 bits per heavy atom. The zero-order valence-electron chi connectivity index (χ0n) is 20.0. The summed E-state index contributed by atoms with van der Waals surface area (Å²) in [6.07, 6.45) is 8.93. The third-order valence-corrected chi connectivity index (χ3v) is 10.7. The Morgan fingerprint density at radius 3 is 2.58 bits per heavy atom. The molecule has 4 rings (SSSR count). The zero-order valence-corrected chi connectivity index (χ0v) is 21.0. The summed E-state index contributed by atoms with van der Waals surface area (Å²) in [5, 5.41) is 10.8. The molecular weight excluding hydrogens is 406 g/mol. The van der Waals surface area contributed by atoms with Crippen molar-refractivity contribution < 1.29 is 19.4 Å². The fraction of sp³-hybridized carbons (Fsp3) is 0.760. The van der Waals surface area contributed by atoms with Crippen LogP contribution >= 0.6 is 0 Å². The fourth-order valence-corrected chi connectivity index (χ4v) is 9.24. The van der Waals surface area contributed by atoms with E-state index >= 15 is 0 Å². The van der Waals surface area contributed by atoms with Gasteiger partial charge in [0, 0.05) is 23.6 Å². The van der Waals surface area contributed by atoms with Crippen LogP contribution < -0.4 is 0 Å². The molecule has 1 N–H and O–H groups in total. The predicted octanol–water partition coefficient (Wildman–Crippen LogP) is 4.64. The number of aliphatic hydroxyl groups is 1. The van der Waals surface area contributed by atoms with Crippen molar-refractivity contribution in [3.63, 3.8) is 0 Å². The number of aliphatic hydroxyl groups excluding tert-OH is 1. The molecule has 1 heterocycles. The average molecular weight is 446 g/mol. The van der Waals surface area contributed by atoms with E-state index in [2.05, 4.69) is 44.1 Å². The molecule has 0 aromatic carbocycles. The number of fused-ring (bicyclic) bond motifs is 5. The number of rotatable bonds is 3. The third-order valence-electron chi connectivity index (χ3n) is 8.90. The Balaban J connectivity index is 1.88. The molecule has 3 aliphatic carbocycles. The molecule has 6 atom stereocenters. The monoisotopic (exact) mass is 445 g/mol. The molecule has 31 heavy (non-hydrogen) atoms. The second kappa shape index (κ2) is 7.58. The van der Waals surface area contributed by atoms with Crippen molar-refractivity contribution in [2.75, 3.05) is 6.61 Å². The Hall–Kier alpha value is -1.40. The minimum absolute atomic E-state index is 0.0697. The van der Waals surface area contributed by atoms with Crippen LogP contribution in [0.4, 0.5) is 0 Å². The number of esters is 1. The van der Waals surface area contributed by atoms with Gasteiger partial charge in [-0.3, -0.25) is 4.79 Å². The highest BCUT2D eigenvalue weighted by Crippen LogP contribution is 2.65. The predicted molar refractivity (Wildman–Crippen MR) is 123 cm³/mol. The van der Waals surface area contributed by atoms with Gasteiger partial charge in [0.1, 0.15) is 0 Å². The van der Waals surface area contributed by atoms with Gasteiger partial charge in [-0.1, -0.05) is 33.5 Å². The van der Waals surface area contributed by atoms with Crippen molar-refractivity contribution in [2.45, 2.75) is 85.0 Å². The van der Waals surface area contributed by atoms with Crippen LogP contribution in [0.25, 0.3) is 0 Å². The summed E-state index contributed by atoms with van der Waals surface area (Å²) in [4.78, 5) is 25.6. The first kappa shape index (κ1) is 22.8. The van der Waals surface area contributed by atoms with E-state index in [-0.39, 0.29) is 34.7 Å². The number of hydrogen-bond donors (Lipinski definition) is 1. The lowest BCUT2D eigenvalue weighted by molar-refractivity contribution is -0.137. The van der Waals surface area contributed by atoms with Gasteiger partial charge in [0.2, 0.25) is 5.91 Å². The molecule has 1 amide bonds. The average Bonchev–Trinajstić information content (AvgIpc) is 2.97. The van der Waals surface area contributed by atoms with Gasteiger partial charge < -0.3 is 14.4 Å². The lowest BCUT2D eigenvalue weighted by atomic mass is 9.48. The van der Waals surface area contributed by atoms with Crippen molar-refractivity contribution in [3.8, 4) is 0 Å². The number of amides is 1. The summed E-state index contributed by atoms with van der Waals surface area (Å²) < 4.78 is 7.42. The van der Waals surface area contributed by atoms with E-state index in [1.54, 1.807) is 6.08 Å². The summed E-state index contributed by atoms with van der Waals surface area (Å²) in [6.45, 7) is 13.5. The number of nitrogens with zero attached hydrogens (tertiary/aromatic N) is 1. The van der Waals surface area contributed by atoms with E-state index in [0.29, 0.717) is 24.9 Å². The SMILES string of the molecule is CCOC(=O)/C=C1\C=C2N([Si](C)(C)C)C(=O)CC[C@]2(C)[C@H]2CC[C@]3(C)[C@@H](O)CC[C@H]3[C@H]12. The summed E-state index contributed by atoms with van der Waals surface area (Å²) >= 11 is 0. The molecule has 5 nitrogen and oxygen atoms in total. The first-order chi connectivity index (χ1) is 14.4. The Kier molecular flexibility index (Phi) is 5.57. The van der Waals surface area contributed by atoms with Crippen molar-refractivity contribution in [1.29, 1.82) is 0 Å². The highest BCUT2D eigenvalue weighted by Gasteiger charge is 2.61. The van der Waals surface area contributed by atoms with Gasteiger partial charge in [-0.2, -0.15) is 0 Å². The standard InChI is InChI=1S/C25H39NO4Si/c1-7-30-22(29)15-16-14-19-24(2,13-11-21(28)26(19)31(4,5)6)18-10-12-25(3)17(23(16)18)8-9-20(25)27/h14-15,17-18,20,23,27H,7-13H2,1-6H3/b16-15+/t17-,18-,20-,23-,24+,25-/m0/s1. The number of ether oxygens (including phenoxy) is 1. The van der Waals surface area contributed by atoms with E-state index in [1.807, 2.05) is 6.92 Å². The van der Waals surface area contributed by atoms with Crippen molar-refractivity contribution in [1.82, 2.24) is 4.57 Å². The summed E-state index contributed by atoms with van der Waals surface area (Å²) in [5.41, 5.74) is 1.97. The van der Waals surface area contributed by atoms with E-state index in [9.17, 15) is 14.7 Å². The maximum atomic E-state index is 13.1. The quantitative estimate of drug-likeness (QED) is 0.390. The highest BCUT2D eigenvalue weighted by atomic mass is 28.3. The largest absolute Gasteiger partial charge is 0.463 e. The normalized spacial score (nSPS) is 41.4. The molecule has 1 saturated heterocycles. The summed E-state index contributed by atoms with van der Waals surface area (Å²) in [5.74, 6) is 0.890. The van der Waals surface area contributed by atoms with Crippen LogP contribution in [-0.2, 0) is 14.3 Å². The molecule has 4 aliphatic rings. The molecule has 2 saturated carbocycles. The maximum absolute atomic E-state index is 13.1. The molecule has 6 heteroatoms. The van der Waals surface area contributed by atoms with Gasteiger partial charge >= 0.3 is 5.97 Å². The smallest absolute Gasteiger partial charge is 0.331 e. The summed E-state index contributed by atoms with van der Waals surface area (Å²) in [6, 6.07) is 0. The zero-order chi connectivity index (χ0) is 22.8. The maximum Gasteiger partial charge on any atom is 0.331 e. The van der Waals surface area contributed by atoms with Gasteiger partial charge in [0.25, 0.3) is 0 Å². The van der Waals surface area contributed by atoms with Crippen LogP contribution in [0.1, 0.15) is 59.3 Å². The first-order valence-corrected chi connectivity index (χ1v) is 15.5. The van der Waals surface area contributed by atoms with Gasteiger partial charge in [0.05, 0.1) is 12.7 Å². The van der Waals surface area contributed by atoms with Gasteiger partial charge in [-0.25, -0.2) is 4.79 Å². The lowest BCUT2D eigenvalue weighted by Crippen LogP contribution is -2.60. The molecule has 0 radical (unpaired) electrons. The Morgan fingerprint density at radius 2 is 1.94 bits per heavy atom. The number of carbonyl (C=O) groups excluding carboxylic acids is 2. The topological polar surface area (TPSA) is 66.8 Å². The van der Waals surface area contributed by atoms with Gasteiger partial charge in [-0.05, 0) is 73.8 Å². The van der Waals surface area contributed by atoms with Crippen molar-refractivity contribution >= 4 is 20.1 Å². The summed E-state index contributed by atoms with van der Waals surface area (Å²) in [7, 11) is -1.94. The van der Waals surface area contributed by atoms with Crippen LogP contribution in [0.15, 0.2) is 23.4 Å². The molecule has 172 valence electrons. The van der Waals surface area contributed by atoms with E-state index in [0.717, 1.165) is 43.4 Å². The number of allylic oxidation sites excluding steroid dienone is 3. The van der Waals surface area contributed by atoms with Crippen LogP contribution in [0.3, 0.4) is 0 Å². The van der Waals surface area contributed by atoms with Crippen LogP contribution in [0.5, 0.6) is 0 Å². The second-order valence-corrected chi connectivity index (χ2v) is 16.4. The number of carbonyl (C=O) groups is 2. The van der Waals surface area contributed by atoms with E-state index < -0.39 is 8.24 Å². The van der Waals surface area contributed by atoms with Crippen LogP contribution in [-0.4, -0.2) is 42.5 Å². The van der Waals surface area contributed by atoms with Crippen LogP contribution in [0.2, 0.25) is 19.6 Å². The molecular formula is C25H39NO4Si. The molecule has 0 unspecified atom stereocenters. The molecule has 0 aromatic rings. The molecule has 0 aromatic heterocycles. The fourth-order valence-electron chi connectivity index (χ4n) is 7.34.